The van der Waals surface area contributed by atoms with Crippen molar-refractivity contribution in [3.63, 3.8) is 0 Å². The lowest BCUT2D eigenvalue weighted by atomic mass is 10.1. The Morgan fingerprint density at radius 3 is 2.44 bits per heavy atom. The van der Waals surface area contributed by atoms with Gasteiger partial charge in [0.05, 0.1) is 6.42 Å². The van der Waals surface area contributed by atoms with Gasteiger partial charge in [0.1, 0.15) is 0 Å². The average molecular weight is 250 g/mol. The van der Waals surface area contributed by atoms with E-state index in [9.17, 15) is 9.59 Å². The predicted octanol–water partition coefficient (Wildman–Crippen LogP) is 0.0664. The van der Waals surface area contributed by atoms with Gasteiger partial charge in [0.15, 0.2) is 0 Å². The minimum atomic E-state index is -1.25. The van der Waals surface area contributed by atoms with Crippen molar-refractivity contribution in [1.82, 2.24) is 19.6 Å². The van der Waals surface area contributed by atoms with Crippen LogP contribution in [0, 0.1) is 13.8 Å². The molecule has 2 aromatic heterocycles. The number of aryl methyl sites for hydroxylation is 2. The quantitative estimate of drug-likeness (QED) is 0.791. The zero-order chi connectivity index (χ0) is 13.4. The van der Waals surface area contributed by atoms with Crippen molar-refractivity contribution >= 4 is 17.7 Å². The second-order valence-electron chi connectivity index (χ2n) is 3.78. The molecule has 18 heavy (non-hydrogen) atoms. The second-order valence-corrected chi connectivity index (χ2v) is 3.78. The first kappa shape index (κ1) is 12.0. The Balaban J connectivity index is 2.68. The Kier molecular flexibility index (Phi) is 2.70. The number of carbonyl (C=O) groups is 2. The van der Waals surface area contributed by atoms with Crippen molar-refractivity contribution in [3.8, 4) is 0 Å². The molecule has 0 bridgehead atoms. The summed E-state index contributed by atoms with van der Waals surface area (Å²) < 4.78 is 1.24. The molecule has 94 valence electrons. The molecule has 0 saturated carbocycles. The molecule has 0 saturated heterocycles. The van der Waals surface area contributed by atoms with Crippen molar-refractivity contribution in [2.75, 3.05) is 0 Å². The summed E-state index contributed by atoms with van der Waals surface area (Å²) in [4.78, 5) is 29.3. The molecular formula is C10H10N4O4. The van der Waals surface area contributed by atoms with Gasteiger partial charge < -0.3 is 10.2 Å². The first-order valence-corrected chi connectivity index (χ1v) is 5.08. The third-order valence-electron chi connectivity index (χ3n) is 2.57. The molecule has 0 amide bonds. The van der Waals surface area contributed by atoms with Gasteiger partial charge in [-0.3, -0.25) is 4.79 Å². The van der Waals surface area contributed by atoms with E-state index in [-0.39, 0.29) is 18.0 Å². The molecule has 0 spiro atoms. The largest absolute Gasteiger partial charge is 0.481 e. The van der Waals surface area contributed by atoms with Crippen LogP contribution in [0.5, 0.6) is 0 Å². The lowest BCUT2D eigenvalue weighted by Gasteiger charge is -2.07. The summed E-state index contributed by atoms with van der Waals surface area (Å²) in [5.74, 6) is -2.45. The molecule has 0 aliphatic heterocycles. The highest BCUT2D eigenvalue weighted by atomic mass is 16.4. The molecule has 2 heterocycles. The first-order chi connectivity index (χ1) is 8.40. The van der Waals surface area contributed by atoms with E-state index in [0.717, 1.165) is 0 Å². The molecule has 0 radical (unpaired) electrons. The molecule has 0 aliphatic rings. The third kappa shape index (κ3) is 1.88. The van der Waals surface area contributed by atoms with E-state index < -0.39 is 11.9 Å². The molecule has 2 aromatic rings. The number of aromatic nitrogens is 4. The maximum Gasteiger partial charge on any atom is 0.375 e. The molecule has 0 atom stereocenters. The van der Waals surface area contributed by atoms with E-state index in [0.29, 0.717) is 17.0 Å². The van der Waals surface area contributed by atoms with Crippen LogP contribution >= 0.6 is 0 Å². The highest BCUT2D eigenvalue weighted by Gasteiger charge is 2.17. The molecule has 0 unspecified atom stereocenters. The molecule has 0 aliphatic carbocycles. The lowest BCUT2D eigenvalue weighted by molar-refractivity contribution is -0.136. The topological polar surface area (TPSA) is 118 Å². The van der Waals surface area contributed by atoms with Gasteiger partial charge in [-0.1, -0.05) is 0 Å². The Labute approximate surface area is 101 Å². The van der Waals surface area contributed by atoms with Gasteiger partial charge in [0.2, 0.25) is 0 Å². The summed E-state index contributed by atoms with van der Waals surface area (Å²) in [6.07, 6.45) is -0.192. The van der Waals surface area contributed by atoms with E-state index in [4.69, 9.17) is 10.2 Å². The number of hydrogen-bond donors (Lipinski definition) is 2. The number of aromatic carboxylic acids is 1. The summed E-state index contributed by atoms with van der Waals surface area (Å²) in [6, 6.07) is 0. The summed E-state index contributed by atoms with van der Waals surface area (Å²) in [5, 5.41) is 21.4. The average Bonchev–Trinajstić information content (AvgIpc) is 2.68. The standard InChI is InChI=1S/C10H10N4O4/c1-4-6(3-7(15)16)5(2)14-10(11-4)12-8(13-14)9(17)18/h3H2,1-2H3,(H,15,16)(H,17,18). The summed E-state index contributed by atoms with van der Waals surface area (Å²) >= 11 is 0. The van der Waals surface area contributed by atoms with Gasteiger partial charge in [-0.25, -0.2) is 14.3 Å². The van der Waals surface area contributed by atoms with Gasteiger partial charge in [-0.05, 0) is 13.8 Å². The van der Waals surface area contributed by atoms with E-state index >= 15 is 0 Å². The van der Waals surface area contributed by atoms with Crippen molar-refractivity contribution in [3.05, 3.63) is 22.8 Å². The van der Waals surface area contributed by atoms with Crippen LogP contribution in [-0.4, -0.2) is 41.7 Å². The molecular weight excluding hydrogens is 240 g/mol. The van der Waals surface area contributed by atoms with Crippen molar-refractivity contribution < 1.29 is 19.8 Å². The summed E-state index contributed by atoms with van der Waals surface area (Å²) in [6.45, 7) is 3.31. The summed E-state index contributed by atoms with van der Waals surface area (Å²) in [7, 11) is 0. The smallest absolute Gasteiger partial charge is 0.375 e. The monoisotopic (exact) mass is 250 g/mol. The van der Waals surface area contributed by atoms with Crippen LogP contribution in [0.15, 0.2) is 0 Å². The van der Waals surface area contributed by atoms with Gasteiger partial charge in [-0.2, -0.15) is 4.98 Å². The SMILES string of the molecule is Cc1nc2nc(C(=O)O)nn2c(C)c1CC(=O)O. The van der Waals surface area contributed by atoms with Crippen LogP contribution in [0.1, 0.15) is 27.6 Å². The van der Waals surface area contributed by atoms with E-state index in [1.54, 1.807) is 13.8 Å². The van der Waals surface area contributed by atoms with Gasteiger partial charge in [0.25, 0.3) is 11.6 Å². The zero-order valence-electron chi connectivity index (χ0n) is 9.71. The predicted molar refractivity (Wildman–Crippen MR) is 58.6 cm³/mol. The molecule has 2 N–H and O–H groups in total. The minimum absolute atomic E-state index is 0.150. The molecule has 8 heteroatoms. The Hall–Kier alpha value is -2.51. The maximum absolute atomic E-state index is 10.8. The lowest BCUT2D eigenvalue weighted by Crippen LogP contribution is -2.10. The Morgan fingerprint density at radius 1 is 1.22 bits per heavy atom. The van der Waals surface area contributed by atoms with Crippen LogP contribution in [0.3, 0.4) is 0 Å². The van der Waals surface area contributed by atoms with Crippen LogP contribution in [0.2, 0.25) is 0 Å². The normalized spacial score (nSPS) is 10.8. The third-order valence-corrected chi connectivity index (χ3v) is 2.57. The van der Waals surface area contributed by atoms with Gasteiger partial charge in [0, 0.05) is 17.0 Å². The van der Waals surface area contributed by atoms with Crippen molar-refractivity contribution in [2.45, 2.75) is 20.3 Å². The number of carboxylic acids is 2. The Bertz CT molecular complexity index is 661. The van der Waals surface area contributed by atoms with Crippen LogP contribution in [-0.2, 0) is 11.2 Å². The number of carboxylic acid groups (broad SMARTS) is 2. The molecule has 0 aromatic carbocycles. The molecule has 2 rings (SSSR count). The fourth-order valence-corrected chi connectivity index (χ4v) is 1.71. The van der Waals surface area contributed by atoms with Gasteiger partial charge in [-0.15, -0.1) is 5.10 Å². The first-order valence-electron chi connectivity index (χ1n) is 5.08. The van der Waals surface area contributed by atoms with E-state index in [2.05, 4.69) is 15.1 Å². The highest BCUT2D eigenvalue weighted by molar-refractivity contribution is 5.83. The number of hydrogen-bond acceptors (Lipinski definition) is 5. The number of nitrogens with zero attached hydrogens (tertiary/aromatic N) is 4. The zero-order valence-corrected chi connectivity index (χ0v) is 9.71. The fraction of sp³-hybridized carbons (Fsp3) is 0.300. The minimum Gasteiger partial charge on any atom is -0.481 e. The van der Waals surface area contributed by atoms with Crippen molar-refractivity contribution in [2.24, 2.45) is 0 Å². The molecule has 8 nitrogen and oxygen atoms in total. The Morgan fingerprint density at radius 2 is 1.89 bits per heavy atom. The van der Waals surface area contributed by atoms with E-state index in [1.807, 2.05) is 0 Å². The van der Waals surface area contributed by atoms with Crippen LogP contribution < -0.4 is 0 Å². The van der Waals surface area contributed by atoms with Gasteiger partial charge >= 0.3 is 11.9 Å². The number of aliphatic carboxylic acids is 1. The number of rotatable bonds is 3. The number of fused-ring (bicyclic) bond motifs is 1. The maximum atomic E-state index is 10.8. The highest BCUT2D eigenvalue weighted by Crippen LogP contribution is 2.14. The van der Waals surface area contributed by atoms with Crippen LogP contribution in [0.4, 0.5) is 0 Å². The fourth-order valence-electron chi connectivity index (χ4n) is 1.71. The summed E-state index contributed by atoms with van der Waals surface area (Å²) in [5.41, 5.74) is 1.54. The molecule has 0 fully saturated rings. The van der Waals surface area contributed by atoms with Crippen molar-refractivity contribution in [1.29, 1.82) is 0 Å². The van der Waals surface area contributed by atoms with Crippen LogP contribution in [0.25, 0.3) is 5.78 Å². The second kappa shape index (κ2) is 4.06. The van der Waals surface area contributed by atoms with E-state index in [1.165, 1.54) is 4.52 Å².